The van der Waals surface area contributed by atoms with Crippen LogP contribution in [0.2, 0.25) is 0 Å². The summed E-state index contributed by atoms with van der Waals surface area (Å²) in [6, 6.07) is 9.09. The highest BCUT2D eigenvalue weighted by atomic mass is 32.1. The molecule has 1 rings (SSSR count). The Bertz CT molecular complexity index is 439. The number of ether oxygens (including phenoxy) is 1. The molecular weight excluding hydrogens is 224 g/mol. The molecule has 0 aliphatic rings. The molecule has 3 N–H and O–H groups in total. The summed E-state index contributed by atoms with van der Waals surface area (Å²) in [5, 5.41) is 12.3. The topological polar surface area (TPSA) is 83.4 Å². The normalized spacial score (nSPS) is 9.69. The van der Waals surface area contributed by atoms with E-state index in [1.807, 2.05) is 18.2 Å². The van der Waals surface area contributed by atoms with Crippen molar-refractivity contribution in [1.29, 1.82) is 5.26 Å². The highest BCUT2D eigenvalue weighted by molar-refractivity contribution is 7.80. The molecule has 0 fully saturated rings. The molecule has 0 unspecified atom stereocenters. The van der Waals surface area contributed by atoms with Crippen LogP contribution in [0.4, 0.5) is 0 Å². The second-order valence-electron chi connectivity index (χ2n) is 2.72. The third-order valence-corrected chi connectivity index (χ3v) is 1.68. The number of thiocarbonyl (C=S) groups is 1. The number of hydrogen-bond acceptors (Lipinski definition) is 4. The van der Waals surface area contributed by atoms with Gasteiger partial charge in [-0.3, -0.25) is 5.43 Å². The van der Waals surface area contributed by atoms with Gasteiger partial charge >= 0.3 is 0 Å². The average molecular weight is 234 g/mol. The fraction of sp³-hybridized carbons (Fsp3) is 0.100. The zero-order valence-electron chi connectivity index (χ0n) is 8.38. The number of nitrogens with one attached hydrogen (secondary N) is 1. The molecule has 0 heterocycles. The van der Waals surface area contributed by atoms with Gasteiger partial charge in [0.25, 0.3) is 0 Å². The number of nitrogens with zero attached hydrogens (tertiary/aromatic N) is 2. The van der Waals surface area contributed by atoms with Gasteiger partial charge in [-0.25, -0.2) is 0 Å². The monoisotopic (exact) mass is 234 g/mol. The fourth-order valence-electron chi connectivity index (χ4n) is 0.994. The summed E-state index contributed by atoms with van der Waals surface area (Å²) in [6.45, 7) is -0.00637. The molecule has 16 heavy (non-hydrogen) atoms. The summed E-state index contributed by atoms with van der Waals surface area (Å²) in [5.41, 5.74) is 8.38. The van der Waals surface area contributed by atoms with Gasteiger partial charge in [-0.2, -0.15) is 10.4 Å². The Kier molecular flexibility index (Phi) is 4.76. The number of benzene rings is 1. The predicted molar refractivity (Wildman–Crippen MR) is 65.1 cm³/mol. The van der Waals surface area contributed by atoms with Gasteiger partial charge in [0.1, 0.15) is 11.8 Å². The Balaban J connectivity index is 2.74. The molecule has 5 nitrogen and oxygen atoms in total. The lowest BCUT2D eigenvalue weighted by atomic mass is 10.2. The van der Waals surface area contributed by atoms with E-state index in [1.54, 1.807) is 12.1 Å². The van der Waals surface area contributed by atoms with Gasteiger partial charge in [-0.1, -0.05) is 12.1 Å². The van der Waals surface area contributed by atoms with Crippen LogP contribution < -0.4 is 15.9 Å². The fourth-order valence-corrected chi connectivity index (χ4v) is 1.05. The smallest absolute Gasteiger partial charge is 0.184 e. The van der Waals surface area contributed by atoms with Crippen LogP contribution in [0.25, 0.3) is 0 Å². The van der Waals surface area contributed by atoms with Gasteiger partial charge in [0.2, 0.25) is 0 Å². The van der Waals surface area contributed by atoms with Crippen molar-refractivity contribution in [2.24, 2.45) is 10.8 Å². The highest BCUT2D eigenvalue weighted by Crippen LogP contribution is 2.15. The maximum absolute atomic E-state index is 8.41. The van der Waals surface area contributed by atoms with E-state index in [4.69, 9.17) is 15.7 Å². The molecule has 1 aromatic rings. The number of rotatable bonds is 4. The summed E-state index contributed by atoms with van der Waals surface area (Å²) in [5.74, 6) is 0.581. The number of nitrogens with two attached hydrogens (primary N) is 1. The Hall–Kier alpha value is -2.13. The van der Waals surface area contributed by atoms with Crippen LogP contribution in [0.5, 0.6) is 5.75 Å². The van der Waals surface area contributed by atoms with Crippen LogP contribution in [-0.2, 0) is 0 Å². The maximum Gasteiger partial charge on any atom is 0.184 e. The van der Waals surface area contributed by atoms with Crippen molar-refractivity contribution in [2.45, 2.75) is 0 Å². The number of hydrogen-bond donors (Lipinski definition) is 2. The lowest BCUT2D eigenvalue weighted by Crippen LogP contribution is -2.24. The summed E-state index contributed by atoms with van der Waals surface area (Å²) in [6.07, 6.45) is 1.52. The van der Waals surface area contributed by atoms with E-state index in [-0.39, 0.29) is 11.7 Å². The first-order valence-corrected chi connectivity index (χ1v) is 4.82. The second kappa shape index (κ2) is 6.37. The van der Waals surface area contributed by atoms with Gasteiger partial charge in [0.15, 0.2) is 11.7 Å². The zero-order valence-corrected chi connectivity index (χ0v) is 9.20. The van der Waals surface area contributed by atoms with E-state index in [1.165, 1.54) is 6.21 Å². The van der Waals surface area contributed by atoms with Crippen LogP contribution in [0.1, 0.15) is 5.56 Å². The number of hydrazone groups is 1. The van der Waals surface area contributed by atoms with Gasteiger partial charge in [0.05, 0.1) is 6.21 Å². The molecule has 1 aromatic carbocycles. The van der Waals surface area contributed by atoms with Crippen LogP contribution in [-0.4, -0.2) is 17.9 Å². The van der Waals surface area contributed by atoms with Crippen molar-refractivity contribution in [3.63, 3.8) is 0 Å². The summed E-state index contributed by atoms with van der Waals surface area (Å²) < 4.78 is 5.20. The van der Waals surface area contributed by atoms with Crippen molar-refractivity contribution in [3.8, 4) is 11.8 Å². The van der Waals surface area contributed by atoms with Gasteiger partial charge in [-0.05, 0) is 24.4 Å². The van der Waals surface area contributed by atoms with Crippen molar-refractivity contribution < 1.29 is 4.74 Å². The van der Waals surface area contributed by atoms with Crippen molar-refractivity contribution in [2.75, 3.05) is 6.61 Å². The van der Waals surface area contributed by atoms with Crippen molar-refractivity contribution >= 4 is 23.5 Å². The summed E-state index contributed by atoms with van der Waals surface area (Å²) >= 11 is 4.59. The molecule has 0 bridgehead atoms. The Morgan fingerprint density at radius 1 is 1.62 bits per heavy atom. The van der Waals surface area contributed by atoms with Crippen LogP contribution in [0.3, 0.4) is 0 Å². The molecule has 82 valence electrons. The van der Waals surface area contributed by atoms with Gasteiger partial charge < -0.3 is 10.5 Å². The molecule has 0 aliphatic heterocycles. The van der Waals surface area contributed by atoms with E-state index < -0.39 is 0 Å². The van der Waals surface area contributed by atoms with Gasteiger partial charge in [-0.15, -0.1) is 0 Å². The van der Waals surface area contributed by atoms with Crippen molar-refractivity contribution in [3.05, 3.63) is 29.8 Å². The molecule has 0 amide bonds. The van der Waals surface area contributed by atoms with Crippen LogP contribution in [0, 0.1) is 11.3 Å². The molecule has 0 saturated carbocycles. The molecule has 0 aliphatic carbocycles. The summed E-state index contributed by atoms with van der Waals surface area (Å²) in [7, 11) is 0. The first-order valence-electron chi connectivity index (χ1n) is 4.41. The molecule has 6 heteroatoms. The van der Waals surface area contributed by atoms with E-state index in [0.29, 0.717) is 5.75 Å². The minimum atomic E-state index is -0.00637. The van der Waals surface area contributed by atoms with E-state index in [9.17, 15) is 0 Å². The van der Waals surface area contributed by atoms with E-state index in [0.717, 1.165) is 5.56 Å². The maximum atomic E-state index is 8.41. The molecule has 0 aromatic heterocycles. The minimum Gasteiger partial charge on any atom is -0.478 e. The first kappa shape index (κ1) is 11.9. The largest absolute Gasteiger partial charge is 0.478 e. The Morgan fingerprint density at radius 3 is 3.06 bits per heavy atom. The van der Waals surface area contributed by atoms with E-state index >= 15 is 0 Å². The molecule has 0 spiro atoms. The SMILES string of the molecule is N#CCOc1ccccc1/C=N\NC(N)=S. The molecular formula is C10H10N4OS. The van der Waals surface area contributed by atoms with Crippen LogP contribution >= 0.6 is 12.2 Å². The standard InChI is InChI=1S/C10H10N4OS/c11-5-6-15-9-4-2-1-3-8(9)7-13-14-10(12)16/h1-4,7H,6H2,(H3,12,14,16)/b13-7-. The quantitative estimate of drug-likeness (QED) is 0.456. The molecule has 0 radical (unpaired) electrons. The Labute approximate surface area is 98.5 Å². The highest BCUT2D eigenvalue weighted by Gasteiger charge is 1.99. The lowest BCUT2D eigenvalue weighted by molar-refractivity contribution is 0.367. The summed E-state index contributed by atoms with van der Waals surface area (Å²) in [4.78, 5) is 0. The minimum absolute atomic E-state index is 0.00637. The second-order valence-corrected chi connectivity index (χ2v) is 3.16. The average Bonchev–Trinajstić information content (AvgIpc) is 2.27. The third kappa shape index (κ3) is 3.94. The molecule has 0 saturated heterocycles. The first-order chi connectivity index (χ1) is 7.74. The van der Waals surface area contributed by atoms with Crippen molar-refractivity contribution in [1.82, 2.24) is 5.43 Å². The zero-order chi connectivity index (χ0) is 11.8. The number of nitriles is 1. The third-order valence-electron chi connectivity index (χ3n) is 1.59. The predicted octanol–water partition coefficient (Wildman–Crippen LogP) is 0.756. The number of para-hydroxylation sites is 1. The van der Waals surface area contributed by atoms with Gasteiger partial charge in [0, 0.05) is 5.56 Å². The Morgan fingerprint density at radius 2 is 2.38 bits per heavy atom. The van der Waals surface area contributed by atoms with E-state index in [2.05, 4.69) is 22.7 Å². The molecule has 0 atom stereocenters. The lowest BCUT2D eigenvalue weighted by Gasteiger charge is -2.04. The van der Waals surface area contributed by atoms with Crippen LogP contribution in [0.15, 0.2) is 29.4 Å².